The van der Waals surface area contributed by atoms with Crippen LogP contribution < -0.4 is 9.47 Å². The van der Waals surface area contributed by atoms with E-state index in [0.29, 0.717) is 43.4 Å². The molecule has 0 unspecified atom stereocenters. The van der Waals surface area contributed by atoms with E-state index in [1.54, 1.807) is 41.4 Å². The molecule has 0 N–H and O–H groups in total. The summed E-state index contributed by atoms with van der Waals surface area (Å²) in [5.74, 6) is 1.97. The molecule has 33 heavy (non-hydrogen) atoms. The fraction of sp³-hybridized carbons (Fsp3) is 0.269. The lowest BCUT2D eigenvalue weighted by molar-refractivity contribution is -0.129. The van der Waals surface area contributed by atoms with Crippen molar-refractivity contribution in [1.29, 1.82) is 0 Å². The van der Waals surface area contributed by atoms with E-state index >= 15 is 0 Å². The summed E-state index contributed by atoms with van der Waals surface area (Å²) in [6.45, 7) is 4.66. The lowest BCUT2D eigenvalue weighted by Gasteiger charge is -2.26. The predicted octanol–water partition coefficient (Wildman–Crippen LogP) is 6.16. The molecule has 0 aliphatic carbocycles. The number of aliphatic imine (C=N–C) groups is 1. The molecule has 0 fully saturated rings. The van der Waals surface area contributed by atoms with E-state index < -0.39 is 0 Å². The average molecular weight is 467 g/mol. The first-order chi connectivity index (χ1) is 16.1. The van der Waals surface area contributed by atoms with Gasteiger partial charge in [-0.25, -0.2) is 4.99 Å². The monoisotopic (exact) mass is 466 g/mol. The number of aryl methyl sites for hydroxylation is 1. The van der Waals surface area contributed by atoms with Gasteiger partial charge in [0, 0.05) is 24.3 Å². The van der Waals surface area contributed by atoms with Gasteiger partial charge < -0.3 is 14.4 Å². The standard InChI is InChI=1S/C26H27FN2O3S/c1-3-26(30)29(19-21-9-5-4-8-20(21)2)22-10-6-7-15-28-25(18-22)32-24-13-11-23(12-14-24)31-16-17-33-27/h4-6,8-15H,3,16-19H2,1-2H3/b22-10+,28-25?. The molecule has 0 radical (unpaired) electrons. The predicted molar refractivity (Wildman–Crippen MR) is 131 cm³/mol. The zero-order valence-corrected chi connectivity index (χ0v) is 19.6. The maximum Gasteiger partial charge on any atom is 0.226 e. The lowest BCUT2D eigenvalue weighted by atomic mass is 10.1. The number of ether oxygens (including phenoxy) is 2. The molecule has 0 saturated carbocycles. The molecule has 1 heterocycles. The summed E-state index contributed by atoms with van der Waals surface area (Å²) >= 11 is 0.247. The number of amides is 1. The van der Waals surface area contributed by atoms with Crippen molar-refractivity contribution in [3.05, 3.63) is 89.4 Å². The molecule has 5 nitrogen and oxygen atoms in total. The number of carbonyl (C=O) groups excluding carboxylic acids is 1. The number of allylic oxidation sites excluding steroid dienone is 2. The third-order valence-electron chi connectivity index (χ3n) is 5.02. The second-order valence-corrected chi connectivity index (χ2v) is 7.94. The van der Waals surface area contributed by atoms with Crippen molar-refractivity contribution >= 4 is 24.0 Å². The zero-order chi connectivity index (χ0) is 23.5. The Hall–Kier alpha value is -3.28. The van der Waals surface area contributed by atoms with Crippen LogP contribution in [0.4, 0.5) is 3.89 Å². The maximum absolute atomic E-state index is 12.9. The number of benzene rings is 2. The first kappa shape index (κ1) is 24.4. The quantitative estimate of drug-likeness (QED) is 0.328. The fourth-order valence-corrected chi connectivity index (χ4v) is 3.38. The van der Waals surface area contributed by atoms with Gasteiger partial charge in [0.05, 0.1) is 31.5 Å². The molecule has 0 saturated heterocycles. The molecule has 7 heteroatoms. The molecule has 1 aliphatic rings. The normalized spacial score (nSPS) is 14.5. The van der Waals surface area contributed by atoms with Gasteiger partial charge >= 0.3 is 0 Å². The van der Waals surface area contributed by atoms with Crippen molar-refractivity contribution in [3.63, 3.8) is 0 Å². The van der Waals surface area contributed by atoms with Crippen LogP contribution in [-0.4, -0.2) is 29.1 Å². The average Bonchev–Trinajstić information content (AvgIpc) is 2.81. The number of carbonyl (C=O) groups is 1. The Balaban J connectivity index is 1.76. The van der Waals surface area contributed by atoms with Crippen molar-refractivity contribution < 1.29 is 18.2 Å². The smallest absolute Gasteiger partial charge is 0.226 e. The summed E-state index contributed by atoms with van der Waals surface area (Å²) in [6, 6.07) is 15.1. The van der Waals surface area contributed by atoms with E-state index in [-0.39, 0.29) is 23.8 Å². The summed E-state index contributed by atoms with van der Waals surface area (Å²) < 4.78 is 23.6. The Bertz CT molecular complexity index is 1070. The van der Waals surface area contributed by atoms with Crippen LogP contribution in [0.5, 0.6) is 11.5 Å². The third kappa shape index (κ3) is 7.38. The molecule has 0 aromatic heterocycles. The molecule has 172 valence electrons. The van der Waals surface area contributed by atoms with Crippen LogP contribution in [0.15, 0.2) is 83.3 Å². The van der Waals surface area contributed by atoms with E-state index in [1.165, 1.54) is 0 Å². The van der Waals surface area contributed by atoms with Crippen molar-refractivity contribution in [2.24, 2.45) is 4.99 Å². The molecule has 1 amide bonds. The Morgan fingerprint density at radius 2 is 1.94 bits per heavy atom. The van der Waals surface area contributed by atoms with Crippen molar-refractivity contribution in [1.82, 2.24) is 4.90 Å². The number of hydrogen-bond donors (Lipinski definition) is 0. The minimum atomic E-state index is 0.0229. The van der Waals surface area contributed by atoms with Crippen LogP contribution in [0.3, 0.4) is 0 Å². The van der Waals surface area contributed by atoms with Crippen LogP contribution in [-0.2, 0) is 11.3 Å². The van der Waals surface area contributed by atoms with Crippen LogP contribution in [0.1, 0.15) is 30.9 Å². The van der Waals surface area contributed by atoms with Crippen molar-refractivity contribution in [2.75, 3.05) is 12.4 Å². The molecular formula is C26H27FN2O3S. The van der Waals surface area contributed by atoms with E-state index in [1.807, 2.05) is 44.2 Å². The molecular weight excluding hydrogens is 439 g/mol. The largest absolute Gasteiger partial charge is 0.493 e. The Morgan fingerprint density at radius 1 is 1.18 bits per heavy atom. The van der Waals surface area contributed by atoms with E-state index in [2.05, 4.69) is 10.7 Å². The summed E-state index contributed by atoms with van der Waals surface area (Å²) in [4.78, 5) is 19.0. The third-order valence-corrected chi connectivity index (χ3v) is 5.34. The second-order valence-electron chi connectivity index (χ2n) is 7.32. The van der Waals surface area contributed by atoms with Gasteiger partial charge in [0.2, 0.25) is 11.8 Å². The van der Waals surface area contributed by atoms with Gasteiger partial charge in [0.25, 0.3) is 0 Å². The van der Waals surface area contributed by atoms with Crippen LogP contribution >= 0.6 is 12.1 Å². The molecule has 0 atom stereocenters. The number of nitrogens with zero attached hydrogens (tertiary/aromatic N) is 2. The van der Waals surface area contributed by atoms with E-state index in [0.717, 1.165) is 16.8 Å². The Morgan fingerprint density at radius 3 is 2.67 bits per heavy atom. The van der Waals surface area contributed by atoms with E-state index in [9.17, 15) is 8.68 Å². The van der Waals surface area contributed by atoms with Gasteiger partial charge in [0.1, 0.15) is 11.5 Å². The fourth-order valence-electron chi connectivity index (χ4n) is 3.23. The summed E-state index contributed by atoms with van der Waals surface area (Å²) in [5, 5.41) is 0. The highest BCUT2D eigenvalue weighted by Gasteiger charge is 2.20. The molecule has 2 aromatic carbocycles. The highest BCUT2D eigenvalue weighted by atomic mass is 32.2. The minimum Gasteiger partial charge on any atom is -0.493 e. The highest BCUT2D eigenvalue weighted by molar-refractivity contribution is 7.94. The molecule has 2 aromatic rings. The summed E-state index contributed by atoms with van der Waals surface area (Å²) in [6.07, 6.45) is 5.91. The molecule has 0 bridgehead atoms. The SMILES string of the molecule is CCC(=O)N(Cc1ccccc1C)/C1=C/C=C=CN=C(Oc2ccc(OCCSF)cc2)C1. The van der Waals surface area contributed by atoms with Gasteiger partial charge in [-0.3, -0.25) is 4.79 Å². The van der Waals surface area contributed by atoms with Crippen LogP contribution in [0, 0.1) is 6.92 Å². The zero-order valence-electron chi connectivity index (χ0n) is 18.8. The molecule has 0 spiro atoms. The van der Waals surface area contributed by atoms with Crippen LogP contribution in [0.2, 0.25) is 0 Å². The van der Waals surface area contributed by atoms with Crippen LogP contribution in [0.25, 0.3) is 0 Å². The first-order valence-corrected chi connectivity index (χ1v) is 11.6. The van der Waals surface area contributed by atoms with Gasteiger partial charge in [-0.15, -0.1) is 5.73 Å². The Labute approximate surface area is 198 Å². The number of rotatable bonds is 9. The molecule has 3 rings (SSSR count). The topological polar surface area (TPSA) is 51.1 Å². The van der Waals surface area contributed by atoms with Gasteiger partial charge in [-0.1, -0.05) is 31.2 Å². The lowest BCUT2D eigenvalue weighted by Crippen LogP contribution is -2.31. The van der Waals surface area contributed by atoms with Gasteiger partial charge in [-0.2, -0.15) is 3.89 Å². The Kier molecular flexibility index (Phi) is 9.36. The first-order valence-electron chi connectivity index (χ1n) is 10.8. The number of hydrogen-bond acceptors (Lipinski definition) is 5. The second kappa shape index (κ2) is 12.7. The van der Waals surface area contributed by atoms with Crippen molar-refractivity contribution in [2.45, 2.75) is 33.2 Å². The van der Waals surface area contributed by atoms with Gasteiger partial charge in [0.15, 0.2) is 0 Å². The maximum atomic E-state index is 12.9. The molecule has 1 aliphatic heterocycles. The summed E-state index contributed by atoms with van der Waals surface area (Å²) in [7, 11) is 0. The van der Waals surface area contributed by atoms with Gasteiger partial charge in [-0.05, 0) is 54.5 Å². The summed E-state index contributed by atoms with van der Waals surface area (Å²) in [5.41, 5.74) is 5.98. The minimum absolute atomic E-state index is 0.0229. The van der Waals surface area contributed by atoms with Crippen molar-refractivity contribution in [3.8, 4) is 11.5 Å². The highest BCUT2D eigenvalue weighted by Crippen LogP contribution is 2.23. The van der Waals surface area contributed by atoms with E-state index in [4.69, 9.17) is 9.47 Å². The number of halogens is 1.